The van der Waals surface area contributed by atoms with Gasteiger partial charge >= 0.3 is 0 Å². The van der Waals surface area contributed by atoms with Crippen LogP contribution in [0.1, 0.15) is 24.0 Å². The second-order valence-corrected chi connectivity index (χ2v) is 6.99. The van der Waals surface area contributed by atoms with Crippen LogP contribution in [0.2, 0.25) is 5.02 Å². The normalized spacial score (nSPS) is 20.5. The van der Waals surface area contributed by atoms with E-state index in [1.807, 2.05) is 24.3 Å². The lowest BCUT2D eigenvalue weighted by Crippen LogP contribution is -3.12. The highest BCUT2D eigenvalue weighted by atomic mass is 35.5. The molecule has 4 heteroatoms. The number of carbonyl (C=O) groups is 1. The molecule has 0 aromatic heterocycles. The summed E-state index contributed by atoms with van der Waals surface area (Å²) in [4.78, 5) is 13.8. The van der Waals surface area contributed by atoms with Gasteiger partial charge in [0.05, 0.1) is 19.5 Å². The third-order valence-corrected chi connectivity index (χ3v) is 4.88. The molecule has 1 aliphatic heterocycles. The summed E-state index contributed by atoms with van der Waals surface area (Å²) in [6.07, 6.45) is 2.53. The number of likely N-dealkylation sites (tertiary alicyclic amines) is 1. The fourth-order valence-corrected chi connectivity index (χ4v) is 3.42. The number of amides is 1. The molecule has 2 aromatic carbocycles. The van der Waals surface area contributed by atoms with Gasteiger partial charge < -0.3 is 10.2 Å². The minimum Gasteiger partial charge on any atom is -0.353 e. The molecule has 1 amide bonds. The van der Waals surface area contributed by atoms with Crippen molar-refractivity contribution in [3.8, 4) is 0 Å². The number of carbonyl (C=O) groups excluding carboxylic acids is 1. The van der Waals surface area contributed by atoms with E-state index in [1.165, 1.54) is 5.56 Å². The van der Waals surface area contributed by atoms with Crippen molar-refractivity contribution in [2.45, 2.75) is 31.8 Å². The lowest BCUT2D eigenvalue weighted by Gasteiger charge is -2.29. The van der Waals surface area contributed by atoms with Crippen LogP contribution in [0.3, 0.4) is 0 Å². The summed E-state index contributed by atoms with van der Waals surface area (Å²) in [6.45, 7) is 3.30. The average Bonchev–Trinajstić information content (AvgIpc) is 2.60. The van der Waals surface area contributed by atoms with Crippen LogP contribution in [0.4, 0.5) is 0 Å². The number of hydrogen-bond donors (Lipinski definition) is 2. The van der Waals surface area contributed by atoms with Crippen LogP contribution in [0.15, 0.2) is 54.6 Å². The number of nitrogens with one attached hydrogen (secondary N) is 2. The van der Waals surface area contributed by atoms with Crippen molar-refractivity contribution in [1.29, 1.82) is 0 Å². The Morgan fingerprint density at radius 3 is 2.33 bits per heavy atom. The summed E-state index contributed by atoms with van der Waals surface area (Å²) < 4.78 is 0. The van der Waals surface area contributed by atoms with E-state index in [9.17, 15) is 4.79 Å². The lowest BCUT2D eigenvalue weighted by atomic mass is 10.0. The van der Waals surface area contributed by atoms with Crippen molar-refractivity contribution in [2.75, 3.05) is 13.1 Å². The second kappa shape index (κ2) is 8.32. The number of quaternary nitrogens is 1. The summed E-state index contributed by atoms with van der Waals surface area (Å²) in [5.41, 5.74) is 2.39. The molecule has 3 rings (SSSR count). The van der Waals surface area contributed by atoms with E-state index in [0.717, 1.165) is 38.0 Å². The van der Waals surface area contributed by atoms with Gasteiger partial charge in [-0.3, -0.25) is 4.79 Å². The minimum absolute atomic E-state index is 0.105. The van der Waals surface area contributed by atoms with Gasteiger partial charge in [0, 0.05) is 29.5 Å². The van der Waals surface area contributed by atoms with Crippen LogP contribution in [0.5, 0.6) is 0 Å². The first-order valence-corrected chi connectivity index (χ1v) is 8.98. The highest BCUT2D eigenvalue weighted by Crippen LogP contribution is 2.10. The molecule has 0 unspecified atom stereocenters. The fraction of sp³-hybridized carbons (Fsp3) is 0.350. The van der Waals surface area contributed by atoms with Gasteiger partial charge in [0.15, 0.2) is 0 Å². The van der Waals surface area contributed by atoms with Crippen LogP contribution < -0.4 is 10.2 Å². The third-order valence-electron chi connectivity index (χ3n) is 4.63. The van der Waals surface area contributed by atoms with Crippen LogP contribution in [0.25, 0.3) is 0 Å². The van der Waals surface area contributed by atoms with Gasteiger partial charge in [-0.15, -0.1) is 0 Å². The Labute approximate surface area is 148 Å². The number of piperidine rings is 1. The first-order chi connectivity index (χ1) is 11.7. The summed E-state index contributed by atoms with van der Waals surface area (Å²) in [5, 5.41) is 3.88. The number of hydrogen-bond acceptors (Lipinski definition) is 1. The SMILES string of the molecule is O=C(Cc1ccc(Cl)cc1)NC1CC[NH+](Cc2ccccc2)CC1. The molecule has 2 N–H and O–H groups in total. The largest absolute Gasteiger partial charge is 0.353 e. The van der Waals surface area contributed by atoms with Gasteiger partial charge in [-0.2, -0.15) is 0 Å². The Kier molecular flexibility index (Phi) is 5.89. The molecule has 0 radical (unpaired) electrons. The van der Waals surface area contributed by atoms with E-state index in [-0.39, 0.29) is 5.91 Å². The third kappa shape index (κ3) is 5.08. The Morgan fingerprint density at radius 1 is 1.00 bits per heavy atom. The van der Waals surface area contributed by atoms with Crippen LogP contribution in [-0.2, 0) is 17.8 Å². The summed E-state index contributed by atoms with van der Waals surface area (Å²) in [6, 6.07) is 18.4. The Balaban J connectivity index is 1.41. The Hall–Kier alpha value is -1.84. The van der Waals surface area contributed by atoms with E-state index in [2.05, 4.69) is 35.6 Å². The molecule has 0 saturated carbocycles. The lowest BCUT2D eigenvalue weighted by molar-refractivity contribution is -0.918. The number of rotatable bonds is 5. The Morgan fingerprint density at radius 2 is 1.67 bits per heavy atom. The van der Waals surface area contributed by atoms with Gasteiger partial charge in [-0.1, -0.05) is 54.1 Å². The first kappa shape index (κ1) is 17.0. The molecule has 0 atom stereocenters. The smallest absolute Gasteiger partial charge is 0.224 e. The van der Waals surface area contributed by atoms with Crippen LogP contribution in [0, 0.1) is 0 Å². The van der Waals surface area contributed by atoms with Crippen molar-refractivity contribution in [3.63, 3.8) is 0 Å². The molecule has 3 nitrogen and oxygen atoms in total. The van der Waals surface area contributed by atoms with Gasteiger partial charge in [0.2, 0.25) is 5.91 Å². The molecule has 0 aliphatic carbocycles. The molecule has 0 bridgehead atoms. The highest BCUT2D eigenvalue weighted by Gasteiger charge is 2.23. The van der Waals surface area contributed by atoms with E-state index >= 15 is 0 Å². The zero-order valence-corrected chi connectivity index (χ0v) is 14.6. The molecule has 0 spiro atoms. The summed E-state index contributed by atoms with van der Waals surface area (Å²) in [5.74, 6) is 0.105. The quantitative estimate of drug-likeness (QED) is 0.857. The van der Waals surface area contributed by atoms with E-state index in [1.54, 1.807) is 4.90 Å². The van der Waals surface area contributed by atoms with E-state index in [4.69, 9.17) is 11.6 Å². The van der Waals surface area contributed by atoms with Crippen molar-refractivity contribution in [1.82, 2.24) is 5.32 Å². The first-order valence-electron chi connectivity index (χ1n) is 8.60. The van der Waals surface area contributed by atoms with Gasteiger partial charge in [0.1, 0.15) is 6.54 Å². The molecule has 1 heterocycles. The van der Waals surface area contributed by atoms with Crippen molar-refractivity contribution < 1.29 is 9.69 Å². The molecular formula is C20H24ClN2O+. The second-order valence-electron chi connectivity index (χ2n) is 6.56. The predicted octanol–water partition coefficient (Wildman–Crippen LogP) is 2.25. The topological polar surface area (TPSA) is 33.5 Å². The van der Waals surface area contributed by atoms with Crippen LogP contribution >= 0.6 is 11.6 Å². The molecule has 1 fully saturated rings. The molecule has 24 heavy (non-hydrogen) atoms. The summed E-state index contributed by atoms with van der Waals surface area (Å²) >= 11 is 5.87. The maximum atomic E-state index is 12.2. The monoisotopic (exact) mass is 343 g/mol. The summed E-state index contributed by atoms with van der Waals surface area (Å²) in [7, 11) is 0. The van der Waals surface area contributed by atoms with Gasteiger partial charge in [-0.25, -0.2) is 0 Å². The standard InChI is InChI=1S/C20H23ClN2O/c21-18-8-6-16(7-9-18)14-20(24)22-19-10-12-23(13-11-19)15-17-4-2-1-3-5-17/h1-9,19H,10-15H2,(H,22,24)/p+1. The van der Waals surface area contributed by atoms with Crippen molar-refractivity contribution in [2.24, 2.45) is 0 Å². The molecule has 126 valence electrons. The van der Waals surface area contributed by atoms with E-state index < -0.39 is 0 Å². The van der Waals surface area contributed by atoms with Crippen molar-refractivity contribution in [3.05, 3.63) is 70.7 Å². The fourth-order valence-electron chi connectivity index (χ4n) is 3.30. The minimum atomic E-state index is 0.105. The number of benzene rings is 2. The Bertz CT molecular complexity index is 649. The average molecular weight is 344 g/mol. The molecular weight excluding hydrogens is 320 g/mol. The molecule has 2 aromatic rings. The predicted molar refractivity (Wildman–Crippen MR) is 97.2 cm³/mol. The van der Waals surface area contributed by atoms with Gasteiger partial charge in [0.25, 0.3) is 0 Å². The van der Waals surface area contributed by atoms with E-state index in [0.29, 0.717) is 17.5 Å². The number of halogens is 1. The van der Waals surface area contributed by atoms with Gasteiger partial charge in [-0.05, 0) is 17.7 Å². The van der Waals surface area contributed by atoms with Crippen molar-refractivity contribution >= 4 is 17.5 Å². The molecule has 1 aliphatic rings. The maximum absolute atomic E-state index is 12.2. The maximum Gasteiger partial charge on any atom is 0.224 e. The van der Waals surface area contributed by atoms with Crippen LogP contribution in [-0.4, -0.2) is 25.0 Å². The zero-order valence-electron chi connectivity index (χ0n) is 13.8. The molecule has 1 saturated heterocycles. The zero-order chi connectivity index (χ0) is 16.8. The highest BCUT2D eigenvalue weighted by molar-refractivity contribution is 6.30.